The number of ether oxygens (including phenoxy) is 1. The van der Waals surface area contributed by atoms with Gasteiger partial charge in [0.1, 0.15) is 18.2 Å². The molecule has 0 aliphatic heterocycles. The Morgan fingerprint density at radius 2 is 2.00 bits per heavy atom. The summed E-state index contributed by atoms with van der Waals surface area (Å²) in [6.45, 7) is 2.01. The fourth-order valence-electron chi connectivity index (χ4n) is 1.82. The quantitative estimate of drug-likeness (QED) is 0.885. The molecule has 0 amide bonds. The van der Waals surface area contributed by atoms with E-state index >= 15 is 0 Å². The fraction of sp³-hybridized carbons (Fsp3) is 0.200. The summed E-state index contributed by atoms with van der Waals surface area (Å²) in [6.07, 6.45) is 0. The van der Waals surface area contributed by atoms with Gasteiger partial charge in [-0.2, -0.15) is 0 Å². The van der Waals surface area contributed by atoms with Crippen molar-refractivity contribution in [1.82, 2.24) is 0 Å². The lowest BCUT2D eigenvalue weighted by molar-refractivity contribution is 0.301. The molecule has 0 radical (unpaired) electrons. The van der Waals surface area contributed by atoms with Crippen LogP contribution in [0.1, 0.15) is 24.1 Å². The topological polar surface area (TPSA) is 35.2 Å². The molecule has 0 fully saturated rings. The summed E-state index contributed by atoms with van der Waals surface area (Å²) in [5, 5.41) is 0.929. The van der Waals surface area contributed by atoms with Gasteiger partial charge in [-0.15, -0.1) is 0 Å². The van der Waals surface area contributed by atoms with Gasteiger partial charge in [-0.3, -0.25) is 0 Å². The first-order valence-electron chi connectivity index (χ1n) is 6.09. The highest BCUT2D eigenvalue weighted by atomic mass is 35.5. The highest BCUT2D eigenvalue weighted by Crippen LogP contribution is 2.29. The van der Waals surface area contributed by atoms with Crippen LogP contribution >= 0.6 is 23.2 Å². The number of halogens is 3. The zero-order chi connectivity index (χ0) is 14.7. The van der Waals surface area contributed by atoms with E-state index in [0.717, 1.165) is 5.56 Å². The van der Waals surface area contributed by atoms with Gasteiger partial charge in [0.05, 0.1) is 10.0 Å². The molecule has 0 aliphatic carbocycles. The molecular weight excluding hydrogens is 300 g/mol. The van der Waals surface area contributed by atoms with Gasteiger partial charge in [-0.25, -0.2) is 4.39 Å². The zero-order valence-corrected chi connectivity index (χ0v) is 12.4. The van der Waals surface area contributed by atoms with Crippen molar-refractivity contribution in [3.63, 3.8) is 0 Å². The SMILES string of the molecule is CC(N)c1cc(F)ccc1OCc1cccc(Cl)c1Cl. The fourth-order valence-corrected chi connectivity index (χ4v) is 2.20. The first-order chi connectivity index (χ1) is 9.49. The molecule has 2 aromatic rings. The van der Waals surface area contributed by atoms with E-state index in [1.165, 1.54) is 12.1 Å². The molecule has 2 nitrogen and oxygen atoms in total. The van der Waals surface area contributed by atoms with Gasteiger partial charge in [0, 0.05) is 17.2 Å². The summed E-state index contributed by atoms with van der Waals surface area (Å²) < 4.78 is 18.9. The molecule has 0 saturated carbocycles. The van der Waals surface area contributed by atoms with Crippen molar-refractivity contribution in [2.24, 2.45) is 5.73 Å². The number of hydrogen-bond acceptors (Lipinski definition) is 2. The van der Waals surface area contributed by atoms with E-state index in [0.29, 0.717) is 21.4 Å². The van der Waals surface area contributed by atoms with Crippen LogP contribution in [-0.2, 0) is 6.61 Å². The Balaban J connectivity index is 2.21. The molecule has 0 saturated heterocycles. The molecule has 20 heavy (non-hydrogen) atoms. The molecule has 0 aromatic heterocycles. The van der Waals surface area contributed by atoms with Crippen molar-refractivity contribution in [2.75, 3.05) is 0 Å². The first kappa shape index (κ1) is 15.1. The Labute approximate surface area is 127 Å². The van der Waals surface area contributed by atoms with Crippen LogP contribution in [0, 0.1) is 5.82 Å². The lowest BCUT2D eigenvalue weighted by atomic mass is 10.1. The van der Waals surface area contributed by atoms with E-state index in [2.05, 4.69) is 0 Å². The maximum absolute atomic E-state index is 13.2. The van der Waals surface area contributed by atoms with Gasteiger partial charge >= 0.3 is 0 Å². The lowest BCUT2D eigenvalue weighted by Crippen LogP contribution is -2.08. The molecule has 1 atom stereocenters. The minimum absolute atomic E-state index is 0.241. The van der Waals surface area contributed by atoms with Crippen LogP contribution in [-0.4, -0.2) is 0 Å². The highest BCUT2D eigenvalue weighted by Gasteiger charge is 2.11. The van der Waals surface area contributed by atoms with E-state index in [1.54, 1.807) is 25.1 Å². The third-order valence-electron chi connectivity index (χ3n) is 2.88. The summed E-state index contributed by atoms with van der Waals surface area (Å²) in [5.41, 5.74) is 7.19. The summed E-state index contributed by atoms with van der Waals surface area (Å²) in [7, 11) is 0. The second-order valence-electron chi connectivity index (χ2n) is 4.47. The minimum Gasteiger partial charge on any atom is -0.489 e. The molecule has 2 rings (SSSR count). The molecule has 0 aliphatic rings. The molecule has 2 N–H and O–H groups in total. The van der Waals surface area contributed by atoms with Gasteiger partial charge in [0.25, 0.3) is 0 Å². The summed E-state index contributed by atoms with van der Waals surface area (Å²) in [5.74, 6) is 0.197. The van der Waals surface area contributed by atoms with Crippen LogP contribution in [0.3, 0.4) is 0 Å². The predicted octanol–water partition coefficient (Wildman–Crippen LogP) is 4.73. The van der Waals surface area contributed by atoms with Crippen molar-refractivity contribution in [1.29, 1.82) is 0 Å². The van der Waals surface area contributed by atoms with Gasteiger partial charge in [-0.05, 0) is 31.2 Å². The maximum atomic E-state index is 13.2. The number of nitrogens with two attached hydrogens (primary N) is 1. The average molecular weight is 314 g/mol. The minimum atomic E-state index is -0.342. The molecule has 0 bridgehead atoms. The van der Waals surface area contributed by atoms with E-state index < -0.39 is 0 Å². The van der Waals surface area contributed by atoms with Gasteiger partial charge in [0.2, 0.25) is 0 Å². The largest absolute Gasteiger partial charge is 0.489 e. The molecular formula is C15H14Cl2FNO. The molecule has 106 valence electrons. The second-order valence-corrected chi connectivity index (χ2v) is 5.26. The number of rotatable bonds is 4. The average Bonchev–Trinajstić information content (AvgIpc) is 2.41. The van der Waals surface area contributed by atoms with Crippen LogP contribution in [0.2, 0.25) is 10.0 Å². The van der Waals surface area contributed by atoms with Crippen LogP contribution in [0.4, 0.5) is 4.39 Å². The Morgan fingerprint density at radius 3 is 2.70 bits per heavy atom. The van der Waals surface area contributed by atoms with Crippen molar-refractivity contribution >= 4 is 23.2 Å². The Morgan fingerprint density at radius 1 is 1.25 bits per heavy atom. The van der Waals surface area contributed by atoms with E-state index in [1.807, 2.05) is 6.07 Å². The van der Waals surface area contributed by atoms with Crippen molar-refractivity contribution in [2.45, 2.75) is 19.6 Å². The van der Waals surface area contributed by atoms with Crippen LogP contribution in [0.25, 0.3) is 0 Å². The van der Waals surface area contributed by atoms with Gasteiger partial charge in [0.15, 0.2) is 0 Å². The number of hydrogen-bond donors (Lipinski definition) is 1. The molecule has 5 heteroatoms. The monoisotopic (exact) mass is 313 g/mol. The molecule has 1 unspecified atom stereocenters. The van der Waals surface area contributed by atoms with Crippen molar-refractivity contribution in [3.8, 4) is 5.75 Å². The second kappa shape index (κ2) is 6.44. The maximum Gasteiger partial charge on any atom is 0.124 e. The Hall–Kier alpha value is -1.29. The summed E-state index contributed by atoms with van der Waals surface area (Å²) in [6, 6.07) is 9.27. The normalized spacial score (nSPS) is 12.2. The highest BCUT2D eigenvalue weighted by molar-refractivity contribution is 6.42. The van der Waals surface area contributed by atoms with Crippen LogP contribution in [0.5, 0.6) is 5.75 Å². The van der Waals surface area contributed by atoms with Crippen LogP contribution < -0.4 is 10.5 Å². The molecule has 0 spiro atoms. The third kappa shape index (κ3) is 3.42. The first-order valence-corrected chi connectivity index (χ1v) is 6.85. The summed E-state index contributed by atoms with van der Waals surface area (Å²) >= 11 is 12.0. The number of benzene rings is 2. The Kier molecular flexibility index (Phi) is 4.86. The zero-order valence-electron chi connectivity index (χ0n) is 10.9. The van der Waals surface area contributed by atoms with Crippen molar-refractivity contribution < 1.29 is 9.13 Å². The van der Waals surface area contributed by atoms with Gasteiger partial charge < -0.3 is 10.5 Å². The summed E-state index contributed by atoms with van der Waals surface area (Å²) in [4.78, 5) is 0. The van der Waals surface area contributed by atoms with Crippen LogP contribution in [0.15, 0.2) is 36.4 Å². The smallest absolute Gasteiger partial charge is 0.124 e. The van der Waals surface area contributed by atoms with Gasteiger partial charge in [-0.1, -0.05) is 35.3 Å². The molecule has 2 aromatic carbocycles. The molecule has 0 heterocycles. The van der Waals surface area contributed by atoms with E-state index in [9.17, 15) is 4.39 Å². The standard InChI is InChI=1S/C15H14Cl2FNO/c1-9(19)12-7-11(18)5-6-14(12)20-8-10-3-2-4-13(16)15(10)17/h2-7,9H,8,19H2,1H3. The predicted molar refractivity (Wildman–Crippen MR) is 79.8 cm³/mol. The van der Waals surface area contributed by atoms with E-state index in [4.69, 9.17) is 33.7 Å². The Bertz CT molecular complexity index is 617. The van der Waals surface area contributed by atoms with Crippen molar-refractivity contribution in [3.05, 3.63) is 63.4 Å². The lowest BCUT2D eigenvalue weighted by Gasteiger charge is -2.15. The third-order valence-corrected chi connectivity index (χ3v) is 3.74. The van der Waals surface area contributed by atoms with E-state index in [-0.39, 0.29) is 18.5 Å².